The van der Waals surface area contributed by atoms with Crippen LogP contribution in [0.3, 0.4) is 0 Å². The first-order valence-corrected chi connectivity index (χ1v) is 8.35. The number of rotatable bonds is 4. The molecule has 2 aliphatic heterocycles. The summed E-state index contributed by atoms with van der Waals surface area (Å²) in [4.78, 5) is 7.59. The van der Waals surface area contributed by atoms with Gasteiger partial charge >= 0.3 is 0 Å². The SMILES string of the molecule is Clc1cccc(N2CCN(CCN3CCNCC3)CC2)c1. The van der Waals surface area contributed by atoms with E-state index in [0.29, 0.717) is 0 Å². The van der Waals surface area contributed by atoms with Crippen LogP contribution in [0.25, 0.3) is 0 Å². The molecule has 0 aromatic heterocycles. The molecule has 0 aliphatic carbocycles. The fourth-order valence-electron chi connectivity index (χ4n) is 3.12. The van der Waals surface area contributed by atoms with Gasteiger partial charge in [0.15, 0.2) is 0 Å². The lowest BCUT2D eigenvalue weighted by Gasteiger charge is -2.37. The molecule has 1 aromatic carbocycles. The van der Waals surface area contributed by atoms with Crippen molar-refractivity contribution in [3.63, 3.8) is 0 Å². The van der Waals surface area contributed by atoms with E-state index in [1.165, 1.54) is 31.9 Å². The van der Waals surface area contributed by atoms with E-state index in [2.05, 4.69) is 32.1 Å². The highest BCUT2D eigenvalue weighted by molar-refractivity contribution is 6.30. The van der Waals surface area contributed by atoms with Crippen molar-refractivity contribution in [3.05, 3.63) is 29.3 Å². The van der Waals surface area contributed by atoms with Crippen LogP contribution in [-0.4, -0.2) is 75.2 Å². The van der Waals surface area contributed by atoms with Gasteiger partial charge in [0.1, 0.15) is 0 Å². The number of halogens is 1. The van der Waals surface area contributed by atoms with Gasteiger partial charge in [0.25, 0.3) is 0 Å². The molecule has 0 spiro atoms. The predicted molar refractivity (Wildman–Crippen MR) is 89.4 cm³/mol. The maximum atomic E-state index is 6.08. The minimum atomic E-state index is 0.827. The molecule has 2 heterocycles. The number of nitrogens with zero attached hydrogens (tertiary/aromatic N) is 3. The van der Waals surface area contributed by atoms with Crippen molar-refractivity contribution in [1.29, 1.82) is 0 Å². The molecule has 0 unspecified atom stereocenters. The minimum absolute atomic E-state index is 0.827. The number of benzene rings is 1. The van der Waals surface area contributed by atoms with Crippen LogP contribution in [-0.2, 0) is 0 Å². The molecule has 3 rings (SSSR count). The zero-order chi connectivity index (χ0) is 14.5. The second-order valence-electron chi connectivity index (χ2n) is 5.90. The monoisotopic (exact) mass is 308 g/mol. The Kier molecular flexibility index (Phi) is 5.36. The normalized spacial score (nSPS) is 21.7. The molecule has 0 radical (unpaired) electrons. The van der Waals surface area contributed by atoms with Gasteiger partial charge in [-0.1, -0.05) is 17.7 Å². The molecule has 0 atom stereocenters. The van der Waals surface area contributed by atoms with Crippen LogP contribution in [0.1, 0.15) is 0 Å². The number of piperazine rings is 2. The summed E-state index contributed by atoms with van der Waals surface area (Å²) < 4.78 is 0. The first-order valence-electron chi connectivity index (χ1n) is 7.97. The van der Waals surface area contributed by atoms with E-state index in [1.807, 2.05) is 12.1 Å². The van der Waals surface area contributed by atoms with Crippen molar-refractivity contribution in [3.8, 4) is 0 Å². The first-order chi connectivity index (χ1) is 10.3. The molecule has 0 amide bonds. The minimum Gasteiger partial charge on any atom is -0.369 e. The van der Waals surface area contributed by atoms with Crippen LogP contribution in [0.15, 0.2) is 24.3 Å². The van der Waals surface area contributed by atoms with Crippen LogP contribution in [0.4, 0.5) is 5.69 Å². The largest absolute Gasteiger partial charge is 0.369 e. The standard InChI is InChI=1S/C16H25ClN4/c17-15-2-1-3-16(14-15)21-12-10-20(11-13-21)9-8-19-6-4-18-5-7-19/h1-3,14,18H,4-13H2. The van der Waals surface area contributed by atoms with Crippen LogP contribution in [0.2, 0.25) is 5.02 Å². The van der Waals surface area contributed by atoms with Crippen LogP contribution < -0.4 is 10.2 Å². The summed E-state index contributed by atoms with van der Waals surface area (Å²) in [5, 5.41) is 4.24. The second kappa shape index (κ2) is 7.45. The first kappa shape index (κ1) is 15.1. The van der Waals surface area contributed by atoms with Gasteiger partial charge in [0, 0.05) is 76.2 Å². The Morgan fingerprint density at radius 1 is 0.905 bits per heavy atom. The molecule has 1 aromatic rings. The lowest BCUT2D eigenvalue weighted by Crippen LogP contribution is -2.50. The average molecular weight is 309 g/mol. The zero-order valence-electron chi connectivity index (χ0n) is 12.6. The van der Waals surface area contributed by atoms with Gasteiger partial charge in [-0.3, -0.25) is 9.80 Å². The van der Waals surface area contributed by atoms with Gasteiger partial charge in [-0.15, -0.1) is 0 Å². The summed E-state index contributed by atoms with van der Waals surface area (Å²) in [6, 6.07) is 8.20. The Hall–Kier alpha value is -0.810. The number of anilines is 1. The molecule has 5 heteroatoms. The molecular weight excluding hydrogens is 284 g/mol. The maximum Gasteiger partial charge on any atom is 0.0426 e. The van der Waals surface area contributed by atoms with Crippen molar-refractivity contribution in [2.24, 2.45) is 0 Å². The van der Waals surface area contributed by atoms with Gasteiger partial charge in [-0.25, -0.2) is 0 Å². The highest BCUT2D eigenvalue weighted by atomic mass is 35.5. The Bertz CT molecular complexity index is 440. The maximum absolute atomic E-state index is 6.08. The van der Waals surface area contributed by atoms with Crippen molar-refractivity contribution in [1.82, 2.24) is 15.1 Å². The molecule has 21 heavy (non-hydrogen) atoms. The fraction of sp³-hybridized carbons (Fsp3) is 0.625. The predicted octanol–water partition coefficient (Wildman–Crippen LogP) is 1.37. The Morgan fingerprint density at radius 3 is 2.24 bits per heavy atom. The topological polar surface area (TPSA) is 21.8 Å². The third kappa shape index (κ3) is 4.33. The Labute approximate surface area is 132 Å². The third-order valence-corrected chi connectivity index (χ3v) is 4.72. The quantitative estimate of drug-likeness (QED) is 0.907. The summed E-state index contributed by atoms with van der Waals surface area (Å²) in [6.45, 7) is 11.6. The van der Waals surface area contributed by atoms with E-state index in [9.17, 15) is 0 Å². The van der Waals surface area contributed by atoms with E-state index in [0.717, 1.165) is 44.3 Å². The third-order valence-electron chi connectivity index (χ3n) is 4.49. The highest BCUT2D eigenvalue weighted by Crippen LogP contribution is 2.20. The molecule has 116 valence electrons. The molecule has 2 aliphatic rings. The molecule has 4 nitrogen and oxygen atoms in total. The fourth-order valence-corrected chi connectivity index (χ4v) is 3.30. The number of hydrogen-bond acceptors (Lipinski definition) is 4. The van der Waals surface area contributed by atoms with Crippen molar-refractivity contribution in [2.75, 3.05) is 70.3 Å². The molecule has 1 N–H and O–H groups in total. The average Bonchev–Trinajstić information content (AvgIpc) is 2.54. The highest BCUT2D eigenvalue weighted by Gasteiger charge is 2.18. The van der Waals surface area contributed by atoms with Gasteiger partial charge in [-0.05, 0) is 18.2 Å². The van der Waals surface area contributed by atoms with Gasteiger partial charge in [0.2, 0.25) is 0 Å². The summed E-state index contributed by atoms with van der Waals surface area (Å²) in [6.07, 6.45) is 0. The van der Waals surface area contributed by atoms with Crippen LogP contribution >= 0.6 is 11.6 Å². The summed E-state index contributed by atoms with van der Waals surface area (Å²) in [5.74, 6) is 0. The van der Waals surface area contributed by atoms with E-state index < -0.39 is 0 Å². The van der Waals surface area contributed by atoms with Gasteiger partial charge in [0.05, 0.1) is 0 Å². The molecule has 2 saturated heterocycles. The lowest BCUT2D eigenvalue weighted by molar-refractivity contribution is 0.183. The van der Waals surface area contributed by atoms with Gasteiger partial charge in [-0.2, -0.15) is 0 Å². The van der Waals surface area contributed by atoms with E-state index in [4.69, 9.17) is 11.6 Å². The Morgan fingerprint density at radius 2 is 1.57 bits per heavy atom. The smallest absolute Gasteiger partial charge is 0.0426 e. The molecule has 2 fully saturated rings. The van der Waals surface area contributed by atoms with E-state index in [-0.39, 0.29) is 0 Å². The zero-order valence-corrected chi connectivity index (χ0v) is 13.4. The summed E-state index contributed by atoms with van der Waals surface area (Å²) in [7, 11) is 0. The van der Waals surface area contributed by atoms with Crippen molar-refractivity contribution >= 4 is 17.3 Å². The summed E-state index contributed by atoms with van der Waals surface area (Å²) in [5.41, 5.74) is 1.25. The molecule has 0 bridgehead atoms. The van der Waals surface area contributed by atoms with Crippen LogP contribution in [0, 0.1) is 0 Å². The van der Waals surface area contributed by atoms with Crippen molar-refractivity contribution < 1.29 is 0 Å². The Balaban J connectivity index is 1.42. The molecule has 0 saturated carbocycles. The van der Waals surface area contributed by atoms with Crippen molar-refractivity contribution in [2.45, 2.75) is 0 Å². The lowest BCUT2D eigenvalue weighted by atomic mass is 10.2. The summed E-state index contributed by atoms with van der Waals surface area (Å²) >= 11 is 6.08. The van der Waals surface area contributed by atoms with Gasteiger partial charge < -0.3 is 10.2 Å². The number of nitrogens with one attached hydrogen (secondary N) is 1. The second-order valence-corrected chi connectivity index (χ2v) is 6.34. The van der Waals surface area contributed by atoms with E-state index in [1.54, 1.807) is 0 Å². The van der Waals surface area contributed by atoms with E-state index >= 15 is 0 Å². The molecular formula is C16H25ClN4. The number of hydrogen-bond donors (Lipinski definition) is 1. The van der Waals surface area contributed by atoms with Crippen LogP contribution in [0.5, 0.6) is 0 Å².